The minimum Gasteiger partial charge on any atom is -0.375 e. The number of hydrogen-bond acceptors (Lipinski definition) is 3. The SMILES string of the molecule is CC(=O)C[C@@]1(O)C(=O)N(Cc2ccc(C)cc2)c2ccc(Cl)cc21. The molecule has 0 aliphatic carbocycles. The van der Waals surface area contributed by atoms with E-state index >= 15 is 0 Å². The maximum atomic E-state index is 12.9. The molecule has 1 amide bonds. The number of anilines is 1. The first-order valence-electron chi connectivity index (χ1n) is 7.70. The van der Waals surface area contributed by atoms with Crippen LogP contribution in [0.25, 0.3) is 0 Å². The molecule has 24 heavy (non-hydrogen) atoms. The van der Waals surface area contributed by atoms with Gasteiger partial charge in [-0.2, -0.15) is 0 Å². The molecular weight excluding hydrogens is 326 g/mol. The molecule has 0 radical (unpaired) electrons. The van der Waals surface area contributed by atoms with Crippen molar-refractivity contribution < 1.29 is 14.7 Å². The molecule has 0 spiro atoms. The van der Waals surface area contributed by atoms with Gasteiger partial charge in [0.2, 0.25) is 0 Å². The maximum Gasteiger partial charge on any atom is 0.264 e. The molecule has 0 fully saturated rings. The zero-order valence-electron chi connectivity index (χ0n) is 13.5. The predicted molar refractivity (Wildman–Crippen MR) is 93.0 cm³/mol. The maximum absolute atomic E-state index is 12.9. The number of ketones is 1. The van der Waals surface area contributed by atoms with E-state index in [4.69, 9.17) is 11.6 Å². The summed E-state index contributed by atoms with van der Waals surface area (Å²) in [5, 5.41) is 11.3. The zero-order chi connectivity index (χ0) is 17.5. The third-order valence-corrected chi connectivity index (χ3v) is 4.50. The molecule has 124 valence electrons. The molecule has 0 saturated carbocycles. The topological polar surface area (TPSA) is 57.6 Å². The smallest absolute Gasteiger partial charge is 0.264 e. The molecule has 2 aromatic carbocycles. The van der Waals surface area contributed by atoms with E-state index in [-0.39, 0.29) is 12.2 Å². The van der Waals surface area contributed by atoms with E-state index in [1.807, 2.05) is 31.2 Å². The lowest BCUT2D eigenvalue weighted by Gasteiger charge is -2.22. The van der Waals surface area contributed by atoms with Crippen LogP contribution < -0.4 is 4.90 Å². The third-order valence-electron chi connectivity index (χ3n) is 4.26. The van der Waals surface area contributed by atoms with E-state index < -0.39 is 11.5 Å². The van der Waals surface area contributed by atoms with E-state index in [1.54, 1.807) is 18.2 Å². The Bertz CT molecular complexity index is 816. The Hall–Kier alpha value is -2.17. The molecule has 2 aromatic rings. The van der Waals surface area contributed by atoms with Gasteiger partial charge in [0.25, 0.3) is 5.91 Å². The van der Waals surface area contributed by atoms with E-state index in [0.717, 1.165) is 11.1 Å². The van der Waals surface area contributed by atoms with Crippen LogP contribution in [0, 0.1) is 6.92 Å². The van der Waals surface area contributed by atoms with E-state index in [0.29, 0.717) is 22.8 Å². The Morgan fingerprint density at radius 2 is 1.88 bits per heavy atom. The van der Waals surface area contributed by atoms with Gasteiger partial charge >= 0.3 is 0 Å². The molecule has 3 rings (SSSR count). The molecule has 1 atom stereocenters. The van der Waals surface area contributed by atoms with Crippen LogP contribution in [0.4, 0.5) is 5.69 Å². The van der Waals surface area contributed by atoms with E-state index in [1.165, 1.54) is 11.8 Å². The average molecular weight is 344 g/mol. The van der Waals surface area contributed by atoms with Crippen LogP contribution >= 0.6 is 11.6 Å². The summed E-state index contributed by atoms with van der Waals surface area (Å²) in [6.07, 6.45) is -0.260. The van der Waals surface area contributed by atoms with Gasteiger partial charge < -0.3 is 10.0 Å². The number of carbonyl (C=O) groups excluding carboxylic acids is 2. The van der Waals surface area contributed by atoms with Crippen LogP contribution in [-0.4, -0.2) is 16.8 Å². The monoisotopic (exact) mass is 343 g/mol. The van der Waals surface area contributed by atoms with Crippen LogP contribution in [-0.2, 0) is 21.7 Å². The highest BCUT2D eigenvalue weighted by Crippen LogP contribution is 2.44. The van der Waals surface area contributed by atoms with Crippen molar-refractivity contribution in [2.45, 2.75) is 32.4 Å². The standard InChI is InChI=1S/C19H18ClNO3/c1-12-3-5-14(6-4-12)11-21-17-8-7-15(20)9-16(17)19(24,18(21)23)10-13(2)22/h3-9,24H,10-11H2,1-2H3/t19-/m0/s1. The molecule has 1 heterocycles. The summed E-state index contributed by atoms with van der Waals surface area (Å²) < 4.78 is 0. The van der Waals surface area contributed by atoms with Crippen LogP contribution in [0.15, 0.2) is 42.5 Å². The highest BCUT2D eigenvalue weighted by Gasteiger charge is 2.50. The Kier molecular flexibility index (Phi) is 4.20. The van der Waals surface area contributed by atoms with Gasteiger partial charge in [-0.05, 0) is 37.6 Å². The normalized spacial score (nSPS) is 19.5. The van der Waals surface area contributed by atoms with Crippen LogP contribution in [0.5, 0.6) is 0 Å². The van der Waals surface area contributed by atoms with Crippen molar-refractivity contribution in [1.82, 2.24) is 0 Å². The molecule has 0 unspecified atom stereocenters. The van der Waals surface area contributed by atoms with Crippen LogP contribution in [0.1, 0.15) is 30.0 Å². The number of aliphatic hydroxyl groups is 1. The molecule has 5 heteroatoms. The van der Waals surface area contributed by atoms with Gasteiger partial charge in [-0.25, -0.2) is 0 Å². The van der Waals surface area contributed by atoms with Gasteiger partial charge in [-0.15, -0.1) is 0 Å². The number of benzene rings is 2. The van der Waals surface area contributed by atoms with Gasteiger partial charge in [0.15, 0.2) is 5.60 Å². The highest BCUT2D eigenvalue weighted by molar-refractivity contribution is 6.31. The Morgan fingerprint density at radius 3 is 2.50 bits per heavy atom. The van der Waals surface area contributed by atoms with Gasteiger partial charge in [-0.3, -0.25) is 9.59 Å². The first-order valence-corrected chi connectivity index (χ1v) is 8.08. The fraction of sp³-hybridized carbons (Fsp3) is 0.263. The van der Waals surface area contributed by atoms with Crippen molar-refractivity contribution in [3.05, 3.63) is 64.2 Å². The minimum atomic E-state index is -1.85. The fourth-order valence-corrected chi connectivity index (χ4v) is 3.26. The second kappa shape index (κ2) is 6.04. The summed E-state index contributed by atoms with van der Waals surface area (Å²) in [6.45, 7) is 3.68. The number of halogens is 1. The average Bonchev–Trinajstić information content (AvgIpc) is 2.71. The number of hydrogen-bond donors (Lipinski definition) is 1. The number of rotatable bonds is 4. The number of fused-ring (bicyclic) bond motifs is 1. The second-order valence-corrected chi connectivity index (χ2v) is 6.71. The number of amides is 1. The third kappa shape index (κ3) is 2.83. The lowest BCUT2D eigenvalue weighted by molar-refractivity contribution is -0.141. The first kappa shape index (κ1) is 16.7. The van der Waals surface area contributed by atoms with Gasteiger partial charge in [0, 0.05) is 17.0 Å². The van der Waals surface area contributed by atoms with Crippen molar-refractivity contribution in [1.29, 1.82) is 0 Å². The molecule has 1 N–H and O–H groups in total. The van der Waals surface area contributed by atoms with Crippen LogP contribution in [0.2, 0.25) is 5.02 Å². The Labute approximate surface area is 145 Å². The Morgan fingerprint density at radius 1 is 1.21 bits per heavy atom. The lowest BCUT2D eigenvalue weighted by atomic mass is 9.90. The zero-order valence-corrected chi connectivity index (χ0v) is 14.3. The predicted octanol–water partition coefficient (Wildman–Crippen LogP) is 3.36. The van der Waals surface area contributed by atoms with Gasteiger partial charge in [0.05, 0.1) is 12.2 Å². The summed E-state index contributed by atoms with van der Waals surface area (Å²) in [5.41, 5.74) is 1.21. The molecule has 0 saturated heterocycles. The largest absolute Gasteiger partial charge is 0.375 e. The summed E-state index contributed by atoms with van der Waals surface area (Å²) >= 11 is 6.03. The molecule has 0 aromatic heterocycles. The number of carbonyl (C=O) groups is 2. The summed E-state index contributed by atoms with van der Waals surface area (Å²) in [4.78, 5) is 26.0. The lowest BCUT2D eigenvalue weighted by Crippen LogP contribution is -2.41. The van der Waals surface area contributed by atoms with Crippen molar-refractivity contribution in [3.63, 3.8) is 0 Å². The van der Waals surface area contributed by atoms with Crippen molar-refractivity contribution in [2.75, 3.05) is 4.90 Å². The molecule has 1 aliphatic heterocycles. The summed E-state index contributed by atoms with van der Waals surface area (Å²) in [6, 6.07) is 12.8. The summed E-state index contributed by atoms with van der Waals surface area (Å²) in [5.74, 6) is -0.746. The van der Waals surface area contributed by atoms with Crippen molar-refractivity contribution in [3.8, 4) is 0 Å². The van der Waals surface area contributed by atoms with Gasteiger partial charge in [-0.1, -0.05) is 41.4 Å². The Balaban J connectivity index is 2.04. The first-order chi connectivity index (χ1) is 11.3. The van der Waals surface area contributed by atoms with E-state index in [9.17, 15) is 14.7 Å². The molecule has 0 bridgehead atoms. The second-order valence-electron chi connectivity index (χ2n) is 6.28. The van der Waals surface area contributed by atoms with Crippen molar-refractivity contribution >= 4 is 29.0 Å². The molecule has 1 aliphatic rings. The molecule has 4 nitrogen and oxygen atoms in total. The van der Waals surface area contributed by atoms with Gasteiger partial charge in [0.1, 0.15) is 5.78 Å². The number of aryl methyl sites for hydroxylation is 1. The summed E-state index contributed by atoms with van der Waals surface area (Å²) in [7, 11) is 0. The highest BCUT2D eigenvalue weighted by atomic mass is 35.5. The minimum absolute atomic E-state index is 0.256. The van der Waals surface area contributed by atoms with E-state index in [2.05, 4.69) is 0 Å². The quantitative estimate of drug-likeness (QED) is 0.926. The van der Waals surface area contributed by atoms with Crippen LogP contribution in [0.3, 0.4) is 0 Å². The van der Waals surface area contributed by atoms with Crippen molar-refractivity contribution in [2.24, 2.45) is 0 Å². The molecular formula is C19H18ClNO3. The fourth-order valence-electron chi connectivity index (χ4n) is 3.09. The number of nitrogens with zero attached hydrogens (tertiary/aromatic N) is 1. The number of Topliss-reactive ketones (excluding diaryl/α,β-unsaturated/α-hetero) is 1.